The highest BCUT2D eigenvalue weighted by molar-refractivity contribution is 7.13. The molecule has 0 saturated heterocycles. The summed E-state index contributed by atoms with van der Waals surface area (Å²) in [5.74, 6) is 1.36. The molecule has 1 amide bonds. The average molecular weight is 437 g/mol. The van der Waals surface area contributed by atoms with Crippen molar-refractivity contribution in [1.29, 1.82) is 0 Å². The van der Waals surface area contributed by atoms with Crippen LogP contribution in [0.15, 0.2) is 54.0 Å². The Balaban J connectivity index is 1.31. The van der Waals surface area contributed by atoms with Gasteiger partial charge in [0, 0.05) is 35.1 Å². The van der Waals surface area contributed by atoms with Gasteiger partial charge < -0.3 is 25.1 Å². The molecule has 4 aromatic rings. The van der Waals surface area contributed by atoms with Crippen molar-refractivity contribution in [3.63, 3.8) is 0 Å². The Morgan fingerprint density at radius 1 is 1.16 bits per heavy atom. The summed E-state index contributed by atoms with van der Waals surface area (Å²) in [6.45, 7) is 0.580. The minimum atomic E-state index is -0.0457. The minimum Gasteiger partial charge on any atom is -0.497 e. The molecule has 160 valence electrons. The van der Waals surface area contributed by atoms with Crippen molar-refractivity contribution in [2.45, 2.75) is 12.8 Å². The first kappa shape index (κ1) is 20.7. The molecule has 0 bridgehead atoms. The molecule has 0 atom stereocenters. The first-order chi connectivity index (χ1) is 15.2. The Labute approximate surface area is 184 Å². The van der Waals surface area contributed by atoms with Gasteiger partial charge in [-0.3, -0.25) is 4.79 Å². The molecule has 8 heteroatoms. The number of carbonyl (C=O) groups excluding carboxylic acids is 1. The molecular formula is C23H24N4O3S. The number of carbonyl (C=O) groups is 1. The molecule has 0 aliphatic rings. The van der Waals surface area contributed by atoms with E-state index in [4.69, 9.17) is 9.47 Å². The van der Waals surface area contributed by atoms with E-state index in [1.807, 2.05) is 48.0 Å². The number of aromatic amines is 1. The number of thiazole rings is 1. The Bertz CT molecular complexity index is 1180. The maximum absolute atomic E-state index is 12.3. The fourth-order valence-corrected chi connectivity index (χ4v) is 4.10. The van der Waals surface area contributed by atoms with Crippen LogP contribution in [-0.2, 0) is 17.6 Å². The third-order valence-electron chi connectivity index (χ3n) is 4.93. The largest absolute Gasteiger partial charge is 0.497 e. The fourth-order valence-electron chi connectivity index (χ4n) is 3.37. The summed E-state index contributed by atoms with van der Waals surface area (Å²) >= 11 is 1.44. The molecule has 2 heterocycles. The van der Waals surface area contributed by atoms with E-state index < -0.39 is 0 Å². The van der Waals surface area contributed by atoms with Crippen molar-refractivity contribution in [3.05, 3.63) is 65.3 Å². The second-order valence-electron chi connectivity index (χ2n) is 6.97. The van der Waals surface area contributed by atoms with Crippen molar-refractivity contribution in [1.82, 2.24) is 15.3 Å². The number of benzene rings is 2. The SMILES string of the molecule is COc1ccc(OC)c(Nc2nc(CC(=O)NCCc3c[nH]c4ccccc34)cs2)c1. The first-order valence-electron chi connectivity index (χ1n) is 9.91. The number of fused-ring (bicyclic) bond motifs is 1. The van der Waals surface area contributed by atoms with Crippen LogP contribution in [0.25, 0.3) is 10.9 Å². The molecule has 0 aliphatic heterocycles. The highest BCUT2D eigenvalue weighted by atomic mass is 32.1. The van der Waals surface area contributed by atoms with Crippen molar-refractivity contribution >= 4 is 39.0 Å². The van der Waals surface area contributed by atoms with E-state index in [0.29, 0.717) is 17.4 Å². The molecule has 0 spiro atoms. The van der Waals surface area contributed by atoms with Crippen LogP contribution in [0.5, 0.6) is 11.5 Å². The second kappa shape index (κ2) is 9.53. The number of aromatic nitrogens is 2. The first-order valence-corrected chi connectivity index (χ1v) is 10.8. The third kappa shape index (κ3) is 4.97. The lowest BCUT2D eigenvalue weighted by Crippen LogP contribution is -2.27. The number of H-pyrrole nitrogens is 1. The van der Waals surface area contributed by atoms with Gasteiger partial charge in [0.25, 0.3) is 0 Å². The lowest BCUT2D eigenvalue weighted by Gasteiger charge is -2.10. The predicted octanol–water partition coefficient (Wildman–Crippen LogP) is 4.29. The molecule has 0 unspecified atom stereocenters. The molecule has 7 nitrogen and oxygen atoms in total. The quantitative estimate of drug-likeness (QED) is 0.364. The van der Waals surface area contributed by atoms with Gasteiger partial charge in [-0.15, -0.1) is 11.3 Å². The Morgan fingerprint density at radius 2 is 2.03 bits per heavy atom. The van der Waals surface area contributed by atoms with Crippen molar-refractivity contribution in [3.8, 4) is 11.5 Å². The van der Waals surface area contributed by atoms with E-state index in [-0.39, 0.29) is 12.3 Å². The van der Waals surface area contributed by atoms with Crippen LogP contribution in [0.2, 0.25) is 0 Å². The maximum Gasteiger partial charge on any atom is 0.226 e. The van der Waals surface area contributed by atoms with Gasteiger partial charge in [0.05, 0.1) is 32.0 Å². The second-order valence-corrected chi connectivity index (χ2v) is 7.83. The molecule has 2 aromatic carbocycles. The van der Waals surface area contributed by atoms with Gasteiger partial charge in [-0.05, 0) is 30.2 Å². The monoisotopic (exact) mass is 436 g/mol. The summed E-state index contributed by atoms with van der Waals surface area (Å²) < 4.78 is 10.7. The number of hydrogen-bond donors (Lipinski definition) is 3. The van der Waals surface area contributed by atoms with E-state index in [1.54, 1.807) is 14.2 Å². The summed E-state index contributed by atoms with van der Waals surface area (Å²) in [6.07, 6.45) is 3.01. The van der Waals surface area contributed by atoms with Gasteiger partial charge in [0.1, 0.15) is 11.5 Å². The van der Waals surface area contributed by atoms with Gasteiger partial charge in [-0.1, -0.05) is 18.2 Å². The van der Waals surface area contributed by atoms with Crippen LogP contribution >= 0.6 is 11.3 Å². The van der Waals surface area contributed by atoms with Crippen LogP contribution in [0.3, 0.4) is 0 Å². The van der Waals surface area contributed by atoms with E-state index in [2.05, 4.69) is 26.7 Å². The minimum absolute atomic E-state index is 0.0457. The molecule has 0 aliphatic carbocycles. The summed E-state index contributed by atoms with van der Waals surface area (Å²) in [6, 6.07) is 13.7. The lowest BCUT2D eigenvalue weighted by atomic mass is 10.1. The van der Waals surface area contributed by atoms with Crippen LogP contribution in [0.4, 0.5) is 10.8 Å². The zero-order valence-corrected chi connectivity index (χ0v) is 18.2. The number of nitrogens with zero attached hydrogens (tertiary/aromatic N) is 1. The average Bonchev–Trinajstić information content (AvgIpc) is 3.40. The number of amides is 1. The zero-order valence-electron chi connectivity index (χ0n) is 17.4. The van der Waals surface area contributed by atoms with Crippen molar-refractivity contribution < 1.29 is 14.3 Å². The fraction of sp³-hybridized carbons (Fsp3) is 0.217. The number of para-hydroxylation sites is 1. The van der Waals surface area contributed by atoms with E-state index in [9.17, 15) is 4.79 Å². The highest BCUT2D eigenvalue weighted by Gasteiger charge is 2.11. The van der Waals surface area contributed by atoms with Crippen molar-refractivity contribution in [2.24, 2.45) is 0 Å². The van der Waals surface area contributed by atoms with Crippen molar-refractivity contribution in [2.75, 3.05) is 26.1 Å². The molecule has 0 fully saturated rings. The summed E-state index contributed by atoms with van der Waals surface area (Å²) in [5, 5.41) is 9.98. The number of rotatable bonds is 9. The topological polar surface area (TPSA) is 88.3 Å². The molecule has 0 saturated carbocycles. The standard InChI is InChI=1S/C23H24N4O3S/c1-29-17-7-8-21(30-2)20(12-17)27-23-26-16(14-31-23)11-22(28)24-10-9-15-13-25-19-6-4-3-5-18(15)19/h3-8,12-14,25H,9-11H2,1-2H3,(H,24,28)(H,26,27). The summed E-state index contributed by atoms with van der Waals surface area (Å²) in [7, 11) is 3.23. The number of nitrogens with one attached hydrogen (secondary N) is 3. The predicted molar refractivity (Wildman–Crippen MR) is 124 cm³/mol. The van der Waals surface area contributed by atoms with E-state index >= 15 is 0 Å². The Morgan fingerprint density at radius 3 is 2.87 bits per heavy atom. The molecule has 31 heavy (non-hydrogen) atoms. The number of hydrogen-bond acceptors (Lipinski definition) is 6. The van der Waals surface area contributed by atoms with Gasteiger partial charge in [0.2, 0.25) is 5.91 Å². The third-order valence-corrected chi connectivity index (χ3v) is 5.74. The van der Waals surface area contributed by atoms with Gasteiger partial charge >= 0.3 is 0 Å². The smallest absolute Gasteiger partial charge is 0.226 e. The highest BCUT2D eigenvalue weighted by Crippen LogP contribution is 2.32. The van der Waals surface area contributed by atoms with Crippen LogP contribution in [0, 0.1) is 0 Å². The van der Waals surface area contributed by atoms with Gasteiger partial charge in [0.15, 0.2) is 5.13 Å². The Hall–Kier alpha value is -3.52. The lowest BCUT2D eigenvalue weighted by molar-refractivity contribution is -0.120. The van der Waals surface area contributed by atoms with E-state index in [0.717, 1.165) is 29.1 Å². The normalized spacial score (nSPS) is 10.8. The number of anilines is 2. The summed E-state index contributed by atoms with van der Waals surface area (Å²) in [5.41, 5.74) is 3.78. The van der Waals surface area contributed by atoms with Crippen LogP contribution in [-0.4, -0.2) is 36.6 Å². The summed E-state index contributed by atoms with van der Waals surface area (Å²) in [4.78, 5) is 20.1. The number of ether oxygens (including phenoxy) is 2. The number of methoxy groups -OCH3 is 2. The Kier molecular flexibility index (Phi) is 6.37. The van der Waals surface area contributed by atoms with Gasteiger partial charge in [-0.25, -0.2) is 4.98 Å². The van der Waals surface area contributed by atoms with Crippen LogP contribution in [0.1, 0.15) is 11.3 Å². The molecule has 0 radical (unpaired) electrons. The molecule has 3 N–H and O–H groups in total. The molecule has 4 rings (SSSR count). The maximum atomic E-state index is 12.3. The molecule has 2 aromatic heterocycles. The van der Waals surface area contributed by atoms with Gasteiger partial charge in [-0.2, -0.15) is 0 Å². The molecular weight excluding hydrogens is 412 g/mol. The zero-order chi connectivity index (χ0) is 21.6. The van der Waals surface area contributed by atoms with Crippen LogP contribution < -0.4 is 20.1 Å². The van der Waals surface area contributed by atoms with E-state index in [1.165, 1.54) is 22.3 Å².